The molecule has 2 N–H and O–H groups in total. The molecule has 0 aromatic rings. The molecule has 1 amide bonds. The van der Waals surface area contributed by atoms with Crippen molar-refractivity contribution in [3.05, 3.63) is 0 Å². The summed E-state index contributed by atoms with van der Waals surface area (Å²) in [5, 5.41) is 6.71. The van der Waals surface area contributed by atoms with E-state index in [0.717, 1.165) is 26.1 Å². The van der Waals surface area contributed by atoms with Crippen molar-refractivity contribution in [3.8, 4) is 0 Å². The predicted octanol–water partition coefficient (Wildman–Crippen LogP) is 1.90. The van der Waals surface area contributed by atoms with Crippen molar-refractivity contribution >= 4 is 5.91 Å². The Morgan fingerprint density at radius 1 is 1.30 bits per heavy atom. The number of rotatable bonds is 4. The lowest BCUT2D eigenvalue weighted by molar-refractivity contribution is -0.126. The average Bonchev–Trinajstić information content (AvgIpc) is 2.42. The zero-order valence-corrected chi connectivity index (χ0v) is 13.4. The molecule has 0 aromatic heterocycles. The molecule has 1 aliphatic heterocycles. The quantitative estimate of drug-likeness (QED) is 0.827. The van der Waals surface area contributed by atoms with Crippen LogP contribution < -0.4 is 10.6 Å². The van der Waals surface area contributed by atoms with Crippen molar-refractivity contribution in [1.82, 2.24) is 15.5 Å². The summed E-state index contributed by atoms with van der Waals surface area (Å²) in [4.78, 5) is 14.8. The first kappa shape index (κ1) is 15.8. The van der Waals surface area contributed by atoms with Crippen molar-refractivity contribution in [2.24, 2.45) is 0 Å². The Morgan fingerprint density at radius 2 is 2.00 bits per heavy atom. The third kappa shape index (κ3) is 3.73. The number of amides is 1. The lowest BCUT2D eigenvalue weighted by atomic mass is 9.79. The van der Waals surface area contributed by atoms with Gasteiger partial charge in [0.1, 0.15) is 0 Å². The van der Waals surface area contributed by atoms with E-state index in [1.807, 2.05) is 0 Å². The largest absolute Gasteiger partial charge is 0.350 e. The summed E-state index contributed by atoms with van der Waals surface area (Å²) in [5.41, 5.74) is 0.148. The van der Waals surface area contributed by atoms with Crippen molar-refractivity contribution in [2.75, 3.05) is 26.2 Å². The van der Waals surface area contributed by atoms with Crippen LogP contribution in [0.3, 0.4) is 0 Å². The summed E-state index contributed by atoms with van der Waals surface area (Å²) < 4.78 is 0. The van der Waals surface area contributed by atoms with Gasteiger partial charge < -0.3 is 10.6 Å². The number of carbonyl (C=O) groups excluding carboxylic acids is 1. The Morgan fingerprint density at radius 3 is 2.65 bits per heavy atom. The van der Waals surface area contributed by atoms with Crippen molar-refractivity contribution in [2.45, 2.75) is 70.4 Å². The standard InChI is InChI=1S/C16H31N3O/c1-4-15(2,3)18-14(20)12-19-11-10-17-13-16(19)8-6-5-7-9-16/h17H,4-13H2,1-3H3,(H,18,20). The molecule has 0 radical (unpaired) electrons. The maximum absolute atomic E-state index is 12.3. The smallest absolute Gasteiger partial charge is 0.234 e. The number of nitrogens with one attached hydrogen (secondary N) is 2. The fourth-order valence-corrected chi connectivity index (χ4v) is 3.51. The Labute approximate surface area is 123 Å². The first-order valence-corrected chi connectivity index (χ1v) is 8.24. The minimum Gasteiger partial charge on any atom is -0.350 e. The number of nitrogens with zero attached hydrogens (tertiary/aromatic N) is 1. The maximum atomic E-state index is 12.3. The van der Waals surface area contributed by atoms with Crippen molar-refractivity contribution in [3.63, 3.8) is 0 Å². The van der Waals surface area contributed by atoms with Crippen molar-refractivity contribution in [1.29, 1.82) is 0 Å². The Kier molecular flexibility index (Phi) is 5.08. The van der Waals surface area contributed by atoms with Crippen LogP contribution in [0, 0.1) is 0 Å². The minimum absolute atomic E-state index is 0.0924. The van der Waals surface area contributed by atoms with Crippen LogP contribution in [0.2, 0.25) is 0 Å². The van der Waals surface area contributed by atoms with E-state index in [4.69, 9.17) is 0 Å². The Bertz CT molecular complexity index is 326. The number of piperazine rings is 1. The fourth-order valence-electron chi connectivity index (χ4n) is 3.51. The van der Waals surface area contributed by atoms with Gasteiger partial charge in [-0.2, -0.15) is 0 Å². The summed E-state index contributed by atoms with van der Waals surface area (Å²) in [6.07, 6.45) is 7.41. The van der Waals surface area contributed by atoms with Gasteiger partial charge >= 0.3 is 0 Å². The van der Waals surface area contributed by atoms with Gasteiger partial charge in [-0.15, -0.1) is 0 Å². The van der Waals surface area contributed by atoms with Crippen LogP contribution in [0.1, 0.15) is 59.3 Å². The normalized spacial score (nSPS) is 23.8. The molecule has 0 atom stereocenters. The molecule has 1 heterocycles. The van der Waals surface area contributed by atoms with Gasteiger partial charge in [0.2, 0.25) is 5.91 Å². The van der Waals surface area contributed by atoms with Crippen LogP contribution in [0.25, 0.3) is 0 Å². The highest BCUT2D eigenvalue weighted by Crippen LogP contribution is 2.34. The third-order valence-corrected chi connectivity index (χ3v) is 5.16. The third-order valence-electron chi connectivity index (χ3n) is 5.16. The summed E-state index contributed by atoms with van der Waals surface area (Å²) in [7, 11) is 0. The van der Waals surface area contributed by atoms with Gasteiger partial charge in [0.25, 0.3) is 0 Å². The van der Waals surface area contributed by atoms with E-state index in [2.05, 4.69) is 36.3 Å². The highest BCUT2D eigenvalue weighted by molar-refractivity contribution is 5.78. The fraction of sp³-hybridized carbons (Fsp3) is 0.938. The van der Waals surface area contributed by atoms with E-state index in [1.54, 1.807) is 0 Å². The van der Waals surface area contributed by atoms with E-state index in [9.17, 15) is 4.79 Å². The molecular formula is C16H31N3O. The van der Waals surface area contributed by atoms with Crippen LogP contribution in [0.5, 0.6) is 0 Å². The molecule has 2 fully saturated rings. The summed E-state index contributed by atoms with van der Waals surface area (Å²) in [6, 6.07) is 0. The molecule has 1 spiro atoms. The molecule has 0 aromatic carbocycles. The second-order valence-corrected chi connectivity index (χ2v) is 7.17. The van der Waals surface area contributed by atoms with Crippen LogP contribution in [-0.2, 0) is 4.79 Å². The van der Waals surface area contributed by atoms with E-state index < -0.39 is 0 Å². The Balaban J connectivity index is 1.96. The summed E-state index contributed by atoms with van der Waals surface area (Å²) in [5.74, 6) is 0.184. The molecular weight excluding hydrogens is 250 g/mol. The van der Waals surface area contributed by atoms with Crippen LogP contribution >= 0.6 is 0 Å². The second-order valence-electron chi connectivity index (χ2n) is 7.17. The molecule has 0 unspecified atom stereocenters. The highest BCUT2D eigenvalue weighted by atomic mass is 16.2. The monoisotopic (exact) mass is 281 g/mol. The SMILES string of the molecule is CCC(C)(C)NC(=O)CN1CCNCC12CCCCC2. The summed E-state index contributed by atoms with van der Waals surface area (Å²) in [6.45, 7) is 9.93. The van der Waals surface area contributed by atoms with Gasteiger partial charge in [0.05, 0.1) is 6.54 Å². The van der Waals surface area contributed by atoms with Crippen LogP contribution in [0.4, 0.5) is 0 Å². The molecule has 1 aliphatic carbocycles. The number of hydrogen-bond donors (Lipinski definition) is 2. The summed E-state index contributed by atoms with van der Waals surface area (Å²) >= 11 is 0. The average molecular weight is 281 g/mol. The second kappa shape index (κ2) is 6.44. The molecule has 4 heteroatoms. The molecule has 2 rings (SSSR count). The van der Waals surface area contributed by atoms with Gasteiger partial charge in [0, 0.05) is 30.7 Å². The topological polar surface area (TPSA) is 44.4 Å². The van der Waals surface area contributed by atoms with E-state index in [0.29, 0.717) is 6.54 Å². The van der Waals surface area contributed by atoms with Gasteiger partial charge in [0.15, 0.2) is 0 Å². The zero-order chi connectivity index (χ0) is 14.6. The van der Waals surface area contributed by atoms with Gasteiger partial charge in [-0.25, -0.2) is 0 Å². The van der Waals surface area contributed by atoms with Gasteiger partial charge in [-0.05, 0) is 33.1 Å². The number of hydrogen-bond acceptors (Lipinski definition) is 3. The zero-order valence-electron chi connectivity index (χ0n) is 13.4. The van der Waals surface area contributed by atoms with Gasteiger partial charge in [-0.1, -0.05) is 26.2 Å². The lowest BCUT2D eigenvalue weighted by Crippen LogP contribution is -2.64. The van der Waals surface area contributed by atoms with Crippen LogP contribution in [0.15, 0.2) is 0 Å². The first-order valence-electron chi connectivity index (χ1n) is 8.24. The lowest BCUT2D eigenvalue weighted by Gasteiger charge is -2.49. The molecule has 20 heavy (non-hydrogen) atoms. The van der Waals surface area contributed by atoms with E-state index in [1.165, 1.54) is 32.1 Å². The van der Waals surface area contributed by atoms with E-state index >= 15 is 0 Å². The molecule has 2 aliphatic rings. The van der Waals surface area contributed by atoms with Crippen LogP contribution in [-0.4, -0.2) is 48.1 Å². The maximum Gasteiger partial charge on any atom is 0.234 e. The predicted molar refractivity (Wildman–Crippen MR) is 82.8 cm³/mol. The van der Waals surface area contributed by atoms with E-state index in [-0.39, 0.29) is 17.0 Å². The highest BCUT2D eigenvalue weighted by Gasteiger charge is 2.40. The molecule has 4 nitrogen and oxygen atoms in total. The number of carbonyl (C=O) groups is 1. The molecule has 1 saturated carbocycles. The molecule has 1 saturated heterocycles. The molecule has 0 bridgehead atoms. The first-order chi connectivity index (χ1) is 9.47. The minimum atomic E-state index is -0.0924. The Hall–Kier alpha value is -0.610. The molecule has 116 valence electrons. The van der Waals surface area contributed by atoms with Crippen molar-refractivity contribution < 1.29 is 4.79 Å². The van der Waals surface area contributed by atoms with Gasteiger partial charge in [-0.3, -0.25) is 9.69 Å².